The average molecular weight is 436 g/mol. The van der Waals surface area contributed by atoms with E-state index < -0.39 is 16.7 Å². The minimum absolute atomic E-state index is 0.0503. The third kappa shape index (κ3) is 4.26. The van der Waals surface area contributed by atoms with Crippen molar-refractivity contribution in [1.82, 2.24) is 25.6 Å². The Morgan fingerprint density at radius 2 is 1.97 bits per heavy atom. The number of aromatic nitrogens is 3. The van der Waals surface area contributed by atoms with Gasteiger partial charge >= 0.3 is 0 Å². The van der Waals surface area contributed by atoms with Crippen molar-refractivity contribution in [2.45, 2.75) is 13.5 Å². The van der Waals surface area contributed by atoms with Crippen LogP contribution in [-0.4, -0.2) is 31.5 Å². The number of carbonyl (C=O) groups is 2. The van der Waals surface area contributed by atoms with E-state index in [0.29, 0.717) is 28.8 Å². The Kier molecular flexibility index (Phi) is 5.41. The molecule has 11 heteroatoms. The second kappa shape index (κ2) is 8.32. The number of hydrogen-bond donors (Lipinski definition) is 2. The lowest BCUT2D eigenvalue weighted by atomic mass is 10.1. The van der Waals surface area contributed by atoms with E-state index in [0.717, 1.165) is 10.9 Å². The van der Waals surface area contributed by atoms with E-state index in [4.69, 9.17) is 0 Å². The molecule has 0 radical (unpaired) electrons. The molecule has 156 valence electrons. The Hall–Kier alpha value is -4.12. The maximum Gasteiger partial charge on any atom is 0.270 e. The molecule has 0 aliphatic carbocycles. The number of nitrogens with one attached hydrogen (secondary N) is 2. The number of pyridine rings is 1. The van der Waals surface area contributed by atoms with Gasteiger partial charge in [0.2, 0.25) is 0 Å². The molecule has 10 nitrogen and oxygen atoms in total. The van der Waals surface area contributed by atoms with Gasteiger partial charge in [-0.25, -0.2) is 9.67 Å². The molecule has 0 fully saturated rings. The van der Waals surface area contributed by atoms with Gasteiger partial charge in [-0.15, -0.1) is 11.3 Å². The Morgan fingerprint density at radius 1 is 1.16 bits per heavy atom. The van der Waals surface area contributed by atoms with E-state index in [-0.39, 0.29) is 11.3 Å². The topological polar surface area (TPSA) is 132 Å². The summed E-state index contributed by atoms with van der Waals surface area (Å²) in [5.74, 6) is -1.22. The fourth-order valence-corrected chi connectivity index (χ4v) is 3.73. The Bertz CT molecular complexity index is 1300. The van der Waals surface area contributed by atoms with Crippen LogP contribution in [0.15, 0.2) is 54.0 Å². The van der Waals surface area contributed by atoms with Crippen LogP contribution < -0.4 is 10.9 Å². The lowest BCUT2D eigenvalue weighted by Gasteiger charge is -2.09. The van der Waals surface area contributed by atoms with E-state index in [1.165, 1.54) is 18.2 Å². The van der Waals surface area contributed by atoms with Crippen LogP contribution in [-0.2, 0) is 6.54 Å². The van der Waals surface area contributed by atoms with Crippen LogP contribution in [0.1, 0.15) is 31.3 Å². The Balaban J connectivity index is 1.54. The summed E-state index contributed by atoms with van der Waals surface area (Å²) in [6, 6.07) is 10.8. The number of amides is 2. The van der Waals surface area contributed by atoms with Crippen LogP contribution in [0.2, 0.25) is 0 Å². The van der Waals surface area contributed by atoms with E-state index in [1.54, 1.807) is 35.2 Å². The van der Waals surface area contributed by atoms with Crippen molar-refractivity contribution in [3.8, 4) is 0 Å². The summed E-state index contributed by atoms with van der Waals surface area (Å²) in [7, 11) is 0. The van der Waals surface area contributed by atoms with Crippen molar-refractivity contribution in [3.05, 3.63) is 85.9 Å². The molecule has 1 aromatic carbocycles. The highest BCUT2D eigenvalue weighted by atomic mass is 32.1. The normalized spacial score (nSPS) is 10.7. The van der Waals surface area contributed by atoms with Gasteiger partial charge in [0.1, 0.15) is 0 Å². The zero-order valence-corrected chi connectivity index (χ0v) is 17.0. The van der Waals surface area contributed by atoms with Crippen LogP contribution in [0.25, 0.3) is 11.0 Å². The zero-order chi connectivity index (χ0) is 22.0. The first-order valence-corrected chi connectivity index (χ1v) is 10.0. The summed E-state index contributed by atoms with van der Waals surface area (Å²) < 4.78 is 1.71. The monoisotopic (exact) mass is 436 g/mol. The second-order valence-electron chi connectivity index (χ2n) is 6.65. The molecular formula is C20H16N6O4S. The molecule has 2 amide bonds. The molecule has 0 unspecified atom stereocenters. The molecule has 31 heavy (non-hydrogen) atoms. The lowest BCUT2D eigenvalue weighted by Crippen LogP contribution is -2.41. The number of fused-ring (bicyclic) bond motifs is 1. The summed E-state index contributed by atoms with van der Waals surface area (Å²) in [6.45, 7) is 2.29. The molecule has 0 spiro atoms. The smallest absolute Gasteiger partial charge is 0.267 e. The summed E-state index contributed by atoms with van der Waals surface area (Å²) in [5, 5.41) is 17.7. The number of non-ortho nitro benzene ring substituents is 1. The van der Waals surface area contributed by atoms with Gasteiger partial charge in [-0.3, -0.25) is 30.6 Å². The van der Waals surface area contributed by atoms with Crippen LogP contribution in [0.3, 0.4) is 0 Å². The van der Waals surface area contributed by atoms with Gasteiger partial charge in [-0.05, 0) is 30.5 Å². The van der Waals surface area contributed by atoms with Gasteiger partial charge < -0.3 is 0 Å². The van der Waals surface area contributed by atoms with Crippen LogP contribution >= 0.6 is 11.3 Å². The van der Waals surface area contributed by atoms with E-state index in [2.05, 4.69) is 20.9 Å². The molecule has 0 aliphatic rings. The molecule has 0 aliphatic heterocycles. The molecule has 4 rings (SSSR count). The molecule has 0 bridgehead atoms. The Morgan fingerprint density at radius 3 is 2.71 bits per heavy atom. The molecule has 2 N–H and O–H groups in total. The second-order valence-corrected chi connectivity index (χ2v) is 7.68. The Labute approximate surface area is 179 Å². The highest BCUT2D eigenvalue weighted by molar-refractivity contribution is 7.09. The minimum atomic E-state index is -0.674. The van der Waals surface area contributed by atoms with Gasteiger partial charge in [-0.1, -0.05) is 12.1 Å². The summed E-state index contributed by atoms with van der Waals surface area (Å²) >= 11 is 1.60. The SMILES string of the molecule is Cc1cc(C(=O)NNC(=O)c2cccc([N+](=O)[O-])c2)c2cnn(Cc3cccs3)c2n1. The quantitative estimate of drug-likeness (QED) is 0.365. The van der Waals surface area contributed by atoms with E-state index >= 15 is 0 Å². The number of nitro benzene ring substituents is 1. The molecule has 0 saturated heterocycles. The average Bonchev–Trinajstić information content (AvgIpc) is 3.42. The molecule has 4 aromatic rings. The maximum atomic E-state index is 12.8. The first-order valence-electron chi connectivity index (χ1n) is 9.13. The third-order valence-electron chi connectivity index (χ3n) is 4.48. The van der Waals surface area contributed by atoms with Gasteiger partial charge in [-0.2, -0.15) is 5.10 Å². The number of carbonyl (C=O) groups excluding carboxylic acids is 2. The van der Waals surface area contributed by atoms with Crippen molar-refractivity contribution in [2.24, 2.45) is 0 Å². The molecule has 3 heterocycles. The molecule has 0 atom stereocenters. The van der Waals surface area contributed by atoms with Gasteiger partial charge in [0.25, 0.3) is 17.5 Å². The number of rotatable bonds is 5. The van der Waals surface area contributed by atoms with Crippen molar-refractivity contribution in [1.29, 1.82) is 0 Å². The van der Waals surface area contributed by atoms with Crippen LogP contribution in [0.4, 0.5) is 5.69 Å². The van der Waals surface area contributed by atoms with Crippen molar-refractivity contribution in [2.75, 3.05) is 0 Å². The number of nitro groups is 1. The van der Waals surface area contributed by atoms with Gasteiger partial charge in [0, 0.05) is 28.3 Å². The van der Waals surface area contributed by atoms with Gasteiger partial charge in [0.15, 0.2) is 5.65 Å². The largest absolute Gasteiger partial charge is 0.270 e. The summed E-state index contributed by atoms with van der Waals surface area (Å²) in [4.78, 5) is 40.9. The lowest BCUT2D eigenvalue weighted by molar-refractivity contribution is -0.384. The number of nitrogens with zero attached hydrogens (tertiary/aromatic N) is 4. The predicted octanol–water partition coefficient (Wildman–Crippen LogP) is 2.83. The highest BCUT2D eigenvalue weighted by Crippen LogP contribution is 2.20. The highest BCUT2D eigenvalue weighted by Gasteiger charge is 2.18. The number of hydrazine groups is 1. The van der Waals surface area contributed by atoms with Crippen molar-refractivity contribution < 1.29 is 14.5 Å². The number of hydrogen-bond acceptors (Lipinski definition) is 7. The summed E-state index contributed by atoms with van der Waals surface area (Å²) in [6.07, 6.45) is 1.56. The molecule has 0 saturated carbocycles. The van der Waals surface area contributed by atoms with E-state index in [1.807, 2.05) is 17.5 Å². The number of aryl methyl sites for hydroxylation is 1. The third-order valence-corrected chi connectivity index (χ3v) is 5.34. The van der Waals surface area contributed by atoms with E-state index in [9.17, 15) is 19.7 Å². The number of benzene rings is 1. The first-order chi connectivity index (χ1) is 14.9. The first kappa shape index (κ1) is 20.2. The molecular weight excluding hydrogens is 420 g/mol. The van der Waals surface area contributed by atoms with Crippen molar-refractivity contribution in [3.63, 3.8) is 0 Å². The van der Waals surface area contributed by atoms with Crippen molar-refractivity contribution >= 4 is 39.9 Å². The fourth-order valence-electron chi connectivity index (χ4n) is 3.04. The maximum absolute atomic E-state index is 12.8. The number of thiophene rings is 1. The minimum Gasteiger partial charge on any atom is -0.267 e. The van der Waals surface area contributed by atoms with Crippen LogP contribution in [0, 0.1) is 17.0 Å². The van der Waals surface area contributed by atoms with Gasteiger partial charge in [0.05, 0.1) is 28.6 Å². The van der Waals surface area contributed by atoms with Crippen LogP contribution in [0.5, 0.6) is 0 Å². The fraction of sp³-hybridized carbons (Fsp3) is 0.100. The molecule has 3 aromatic heterocycles. The predicted molar refractivity (Wildman–Crippen MR) is 114 cm³/mol. The standard InChI is InChI=1S/C20H16N6O4S/c1-12-8-16(17-10-21-25(18(17)22-12)11-15-6-3-7-31-15)20(28)24-23-19(27)13-4-2-5-14(9-13)26(29)30/h2-10H,11H2,1H3,(H,23,27)(H,24,28). The zero-order valence-electron chi connectivity index (χ0n) is 16.2. The summed E-state index contributed by atoms with van der Waals surface area (Å²) in [5.41, 5.74) is 5.95.